The summed E-state index contributed by atoms with van der Waals surface area (Å²) in [6, 6.07) is 15.2. The Bertz CT molecular complexity index is 883. The summed E-state index contributed by atoms with van der Waals surface area (Å²) in [5.41, 5.74) is 6.18. The smallest absolute Gasteiger partial charge is 0.241 e. The third kappa shape index (κ3) is 3.81. The lowest BCUT2D eigenvalue weighted by Gasteiger charge is -2.05. The SMILES string of the molecule is C/C(=N/NC(=O)CCn1cnc2ccccc21)c1ccc(Cl)cc1. The molecule has 0 aliphatic carbocycles. The van der Waals surface area contributed by atoms with Gasteiger partial charge in [-0.2, -0.15) is 5.10 Å². The molecule has 0 spiro atoms. The van der Waals surface area contributed by atoms with Crippen LogP contribution in [0, 0.1) is 0 Å². The summed E-state index contributed by atoms with van der Waals surface area (Å²) >= 11 is 5.86. The first-order valence-corrected chi connectivity index (χ1v) is 8.00. The molecule has 24 heavy (non-hydrogen) atoms. The monoisotopic (exact) mass is 340 g/mol. The first-order valence-electron chi connectivity index (χ1n) is 7.62. The fraction of sp³-hybridized carbons (Fsp3) is 0.167. The zero-order valence-corrected chi connectivity index (χ0v) is 14.0. The topological polar surface area (TPSA) is 59.3 Å². The molecule has 0 aliphatic heterocycles. The molecule has 122 valence electrons. The highest BCUT2D eigenvalue weighted by Crippen LogP contribution is 2.12. The number of nitrogens with one attached hydrogen (secondary N) is 1. The molecule has 1 heterocycles. The second-order valence-electron chi connectivity index (χ2n) is 5.42. The largest absolute Gasteiger partial charge is 0.330 e. The van der Waals surface area contributed by atoms with Gasteiger partial charge < -0.3 is 4.57 Å². The molecular formula is C18H17ClN4O. The van der Waals surface area contributed by atoms with E-state index in [0.29, 0.717) is 18.0 Å². The van der Waals surface area contributed by atoms with Crippen LogP contribution in [0.3, 0.4) is 0 Å². The van der Waals surface area contributed by atoms with Crippen LogP contribution in [0.4, 0.5) is 0 Å². The van der Waals surface area contributed by atoms with Crippen LogP contribution in [0.25, 0.3) is 11.0 Å². The molecular weight excluding hydrogens is 324 g/mol. The van der Waals surface area contributed by atoms with E-state index >= 15 is 0 Å². The molecule has 2 aromatic carbocycles. The average molecular weight is 341 g/mol. The number of para-hydroxylation sites is 2. The summed E-state index contributed by atoms with van der Waals surface area (Å²) in [4.78, 5) is 16.3. The lowest BCUT2D eigenvalue weighted by atomic mass is 10.1. The molecule has 0 saturated carbocycles. The maximum absolute atomic E-state index is 12.0. The van der Waals surface area contributed by atoms with Gasteiger partial charge in [-0.25, -0.2) is 10.4 Å². The van der Waals surface area contributed by atoms with E-state index in [1.807, 2.05) is 47.9 Å². The number of halogens is 1. The lowest BCUT2D eigenvalue weighted by Crippen LogP contribution is -2.20. The number of rotatable bonds is 5. The van der Waals surface area contributed by atoms with Crippen molar-refractivity contribution in [3.8, 4) is 0 Å². The predicted molar refractivity (Wildman–Crippen MR) is 96.2 cm³/mol. The third-order valence-corrected chi connectivity index (χ3v) is 3.97. The number of hydrazone groups is 1. The Morgan fingerprint density at radius 3 is 2.75 bits per heavy atom. The minimum Gasteiger partial charge on any atom is -0.330 e. The number of hydrogen-bond acceptors (Lipinski definition) is 3. The molecule has 0 bridgehead atoms. The second-order valence-corrected chi connectivity index (χ2v) is 5.85. The molecule has 3 rings (SSSR count). The number of carbonyl (C=O) groups is 1. The minimum atomic E-state index is -0.138. The van der Waals surface area contributed by atoms with E-state index in [0.717, 1.165) is 22.3 Å². The molecule has 0 saturated heterocycles. The zero-order chi connectivity index (χ0) is 16.9. The van der Waals surface area contributed by atoms with Crippen molar-refractivity contribution in [2.45, 2.75) is 19.9 Å². The predicted octanol–water partition coefficient (Wildman–Crippen LogP) is 3.62. The van der Waals surface area contributed by atoms with Gasteiger partial charge in [-0.3, -0.25) is 4.79 Å². The van der Waals surface area contributed by atoms with E-state index in [2.05, 4.69) is 15.5 Å². The quantitative estimate of drug-likeness (QED) is 0.569. The Hall–Kier alpha value is -2.66. The van der Waals surface area contributed by atoms with Crippen LogP contribution in [0.15, 0.2) is 60.0 Å². The van der Waals surface area contributed by atoms with Gasteiger partial charge in [0.1, 0.15) is 0 Å². The summed E-state index contributed by atoms with van der Waals surface area (Å²) in [6.45, 7) is 2.40. The molecule has 0 radical (unpaired) electrons. The summed E-state index contributed by atoms with van der Waals surface area (Å²) in [6.07, 6.45) is 2.08. The van der Waals surface area contributed by atoms with Crippen molar-refractivity contribution >= 4 is 34.3 Å². The van der Waals surface area contributed by atoms with Gasteiger partial charge in [0.05, 0.1) is 23.1 Å². The molecule has 1 N–H and O–H groups in total. The lowest BCUT2D eigenvalue weighted by molar-refractivity contribution is -0.121. The number of hydrogen-bond donors (Lipinski definition) is 1. The highest BCUT2D eigenvalue weighted by Gasteiger charge is 2.05. The van der Waals surface area contributed by atoms with Crippen LogP contribution in [-0.4, -0.2) is 21.2 Å². The molecule has 5 nitrogen and oxygen atoms in total. The van der Waals surface area contributed by atoms with E-state index < -0.39 is 0 Å². The molecule has 6 heteroatoms. The number of fused-ring (bicyclic) bond motifs is 1. The van der Waals surface area contributed by atoms with Crippen LogP contribution in [0.5, 0.6) is 0 Å². The van der Waals surface area contributed by atoms with Crippen molar-refractivity contribution in [2.75, 3.05) is 0 Å². The standard InChI is InChI=1S/C18H17ClN4O/c1-13(14-6-8-15(19)9-7-14)21-22-18(24)10-11-23-12-20-16-4-2-3-5-17(16)23/h2-9,12H,10-11H2,1H3,(H,22,24)/b21-13-. The summed E-state index contributed by atoms with van der Waals surface area (Å²) in [7, 11) is 0. The Balaban J connectivity index is 1.57. The van der Waals surface area contributed by atoms with Crippen LogP contribution >= 0.6 is 11.6 Å². The van der Waals surface area contributed by atoms with Gasteiger partial charge in [-0.1, -0.05) is 35.9 Å². The van der Waals surface area contributed by atoms with Crippen LogP contribution in [0.1, 0.15) is 18.9 Å². The van der Waals surface area contributed by atoms with Gasteiger partial charge in [0.25, 0.3) is 0 Å². The molecule has 1 aromatic heterocycles. The van der Waals surface area contributed by atoms with Gasteiger partial charge in [0.2, 0.25) is 5.91 Å². The van der Waals surface area contributed by atoms with Crippen molar-refractivity contribution in [3.05, 3.63) is 65.4 Å². The van der Waals surface area contributed by atoms with Crippen molar-refractivity contribution < 1.29 is 4.79 Å². The molecule has 0 unspecified atom stereocenters. The van der Waals surface area contributed by atoms with E-state index in [4.69, 9.17) is 11.6 Å². The zero-order valence-electron chi connectivity index (χ0n) is 13.2. The fourth-order valence-corrected chi connectivity index (χ4v) is 2.49. The van der Waals surface area contributed by atoms with Crippen LogP contribution in [-0.2, 0) is 11.3 Å². The molecule has 0 fully saturated rings. The summed E-state index contributed by atoms with van der Waals surface area (Å²) in [5.74, 6) is -0.138. The molecule has 3 aromatic rings. The van der Waals surface area contributed by atoms with Crippen molar-refractivity contribution in [1.82, 2.24) is 15.0 Å². The minimum absolute atomic E-state index is 0.138. The number of carbonyl (C=O) groups excluding carboxylic acids is 1. The average Bonchev–Trinajstić information content (AvgIpc) is 3.01. The second kappa shape index (κ2) is 7.27. The first kappa shape index (κ1) is 16.2. The van der Waals surface area contributed by atoms with Gasteiger partial charge >= 0.3 is 0 Å². The fourth-order valence-electron chi connectivity index (χ4n) is 2.37. The summed E-state index contributed by atoms with van der Waals surface area (Å²) in [5, 5.41) is 4.80. The van der Waals surface area contributed by atoms with E-state index in [9.17, 15) is 4.79 Å². The van der Waals surface area contributed by atoms with E-state index in [1.54, 1.807) is 18.5 Å². The Labute approximate surface area is 145 Å². The Morgan fingerprint density at radius 2 is 1.96 bits per heavy atom. The first-order chi connectivity index (χ1) is 11.6. The third-order valence-electron chi connectivity index (χ3n) is 3.72. The number of aromatic nitrogens is 2. The van der Waals surface area contributed by atoms with Crippen molar-refractivity contribution in [1.29, 1.82) is 0 Å². The molecule has 0 atom stereocenters. The van der Waals surface area contributed by atoms with Crippen LogP contribution in [0.2, 0.25) is 5.02 Å². The number of imidazole rings is 1. The highest BCUT2D eigenvalue weighted by atomic mass is 35.5. The van der Waals surface area contributed by atoms with Crippen molar-refractivity contribution in [3.63, 3.8) is 0 Å². The Morgan fingerprint density at radius 1 is 1.21 bits per heavy atom. The maximum atomic E-state index is 12.0. The van der Waals surface area contributed by atoms with Crippen molar-refractivity contribution in [2.24, 2.45) is 5.10 Å². The number of nitrogens with zero attached hydrogens (tertiary/aromatic N) is 3. The normalized spacial score (nSPS) is 11.7. The van der Waals surface area contributed by atoms with Crippen LogP contribution < -0.4 is 5.43 Å². The number of aryl methyl sites for hydroxylation is 1. The van der Waals surface area contributed by atoms with Gasteiger partial charge in [-0.05, 0) is 36.8 Å². The van der Waals surface area contributed by atoms with Gasteiger partial charge in [-0.15, -0.1) is 0 Å². The molecule has 1 amide bonds. The number of amides is 1. The number of benzene rings is 2. The van der Waals surface area contributed by atoms with Gasteiger partial charge in [0, 0.05) is 18.0 Å². The Kier molecular flexibility index (Phi) is 4.91. The van der Waals surface area contributed by atoms with Gasteiger partial charge in [0.15, 0.2) is 0 Å². The highest BCUT2D eigenvalue weighted by molar-refractivity contribution is 6.30. The summed E-state index contributed by atoms with van der Waals surface area (Å²) < 4.78 is 1.96. The molecule has 0 aliphatic rings. The van der Waals surface area contributed by atoms with E-state index in [1.165, 1.54) is 0 Å². The van der Waals surface area contributed by atoms with E-state index in [-0.39, 0.29) is 5.91 Å². The maximum Gasteiger partial charge on any atom is 0.241 e.